The van der Waals surface area contributed by atoms with Crippen LogP contribution in [0.3, 0.4) is 0 Å². The number of halogens is 6. The van der Waals surface area contributed by atoms with E-state index >= 15 is 0 Å². The van der Waals surface area contributed by atoms with Crippen LogP contribution < -0.4 is 0 Å². The summed E-state index contributed by atoms with van der Waals surface area (Å²) in [6.07, 6.45) is 0. The Hall–Kier alpha value is -0.0700. The zero-order valence-electron chi connectivity index (χ0n) is 10.4. The monoisotopic (exact) mass is 291 g/mol. The van der Waals surface area contributed by atoms with Gasteiger partial charge in [0.05, 0.1) is 20.1 Å². The van der Waals surface area contributed by atoms with Gasteiger partial charge in [0.25, 0.3) is 0 Å². The fourth-order valence-electron chi connectivity index (χ4n) is 0.718. The van der Waals surface area contributed by atoms with Gasteiger partial charge in [-0.25, -0.2) is 0 Å². The van der Waals surface area contributed by atoms with Gasteiger partial charge in [-0.3, -0.25) is 0 Å². The van der Waals surface area contributed by atoms with E-state index in [1.165, 1.54) is 0 Å². The van der Waals surface area contributed by atoms with Crippen molar-refractivity contribution in [3.05, 3.63) is 0 Å². The molecule has 0 aromatic carbocycles. The number of rotatable bonds is 5. The molecule has 0 amide bonds. The van der Waals surface area contributed by atoms with E-state index in [-0.39, 0.29) is 0 Å². The molecule has 0 saturated heterocycles. The summed E-state index contributed by atoms with van der Waals surface area (Å²) in [7, 11) is -8.44. The predicted octanol–water partition coefficient (Wildman–Crippen LogP) is 4.85. The number of hydrogen-bond acceptors (Lipinski definition) is 1. The fourth-order valence-corrected chi connectivity index (χ4v) is 0.718. The van der Waals surface area contributed by atoms with Crippen molar-refractivity contribution in [1.82, 2.24) is 0 Å². The molecule has 0 fully saturated rings. The first kappa shape index (κ1) is 19.3. The quantitative estimate of drug-likeness (QED) is 0.304. The van der Waals surface area contributed by atoms with Crippen molar-refractivity contribution < 1.29 is 34.4 Å². The average Bonchev–Trinajstić information content (AvgIpc) is 2.09. The van der Waals surface area contributed by atoms with Crippen molar-refractivity contribution >= 4 is 7.81 Å². The van der Waals surface area contributed by atoms with Crippen molar-refractivity contribution in [3.8, 4) is 0 Å². The van der Waals surface area contributed by atoms with Gasteiger partial charge in [0.15, 0.2) is 6.73 Å². The summed E-state index contributed by atoms with van der Waals surface area (Å²) in [5, 5.41) is 0. The minimum absolute atomic E-state index is 0.827. The van der Waals surface area contributed by atoms with Crippen LogP contribution in [0.5, 0.6) is 0 Å². The van der Waals surface area contributed by atoms with E-state index in [1.54, 1.807) is 0 Å². The number of nitrogens with zero attached hydrogens (tertiary/aromatic N) is 1. The van der Waals surface area contributed by atoms with Gasteiger partial charge in [-0.15, -0.1) is 0 Å². The second-order valence-electron chi connectivity index (χ2n) is 3.83. The standard InChI is InChI=1S/C8H20NO.F6P/c1-5-9(4,6-2)8-10-7-3;1-7(2,3,4,5)6/h5-8H2,1-4H3;/q+1;-1. The molecule has 0 bridgehead atoms. The van der Waals surface area contributed by atoms with Gasteiger partial charge in [0.1, 0.15) is 0 Å². The van der Waals surface area contributed by atoms with Crippen LogP contribution in [-0.2, 0) is 4.74 Å². The van der Waals surface area contributed by atoms with Gasteiger partial charge in [-0.2, -0.15) is 0 Å². The molecule has 0 atom stereocenters. The van der Waals surface area contributed by atoms with Gasteiger partial charge < -0.3 is 9.22 Å². The summed E-state index contributed by atoms with van der Waals surface area (Å²) >= 11 is 0. The van der Waals surface area contributed by atoms with Crippen molar-refractivity contribution in [2.24, 2.45) is 0 Å². The molecule has 0 aromatic heterocycles. The molecular weight excluding hydrogens is 271 g/mol. The topological polar surface area (TPSA) is 9.23 Å². The molecule has 0 N–H and O–H groups in total. The van der Waals surface area contributed by atoms with Crippen LogP contribution in [0.25, 0.3) is 0 Å². The molecule has 0 aliphatic heterocycles. The molecule has 9 heteroatoms. The molecule has 0 radical (unpaired) electrons. The second-order valence-corrected chi connectivity index (χ2v) is 5.75. The molecular formula is C8H20F6NOP. The summed E-state index contributed by atoms with van der Waals surface area (Å²) in [6.45, 7) is 10.4. The molecule has 0 spiro atoms. The van der Waals surface area contributed by atoms with Crippen LogP contribution in [0.15, 0.2) is 0 Å². The Bertz CT molecular complexity index is 210. The van der Waals surface area contributed by atoms with Crippen molar-refractivity contribution in [1.29, 1.82) is 0 Å². The van der Waals surface area contributed by atoms with E-state index in [1.807, 2.05) is 6.92 Å². The third-order valence-electron chi connectivity index (χ3n) is 2.13. The first-order chi connectivity index (χ1) is 7.13. The third-order valence-corrected chi connectivity index (χ3v) is 2.13. The summed E-state index contributed by atoms with van der Waals surface area (Å²) in [5.74, 6) is 0. The molecule has 0 aliphatic carbocycles. The summed E-state index contributed by atoms with van der Waals surface area (Å²) in [4.78, 5) is 0. The average molecular weight is 291 g/mol. The van der Waals surface area contributed by atoms with E-state index in [0.29, 0.717) is 0 Å². The maximum atomic E-state index is 9.87. The molecule has 2 nitrogen and oxygen atoms in total. The molecule has 110 valence electrons. The minimum atomic E-state index is -10.7. The Kier molecular flexibility index (Phi) is 5.99. The van der Waals surface area contributed by atoms with Crippen molar-refractivity contribution in [3.63, 3.8) is 0 Å². The molecule has 17 heavy (non-hydrogen) atoms. The van der Waals surface area contributed by atoms with E-state index in [0.717, 1.165) is 30.9 Å². The van der Waals surface area contributed by atoms with Gasteiger partial charge in [0.2, 0.25) is 0 Å². The zero-order valence-corrected chi connectivity index (χ0v) is 11.3. The van der Waals surface area contributed by atoms with Crippen LogP contribution in [-0.4, -0.2) is 38.0 Å². The number of quaternary nitrogens is 1. The Morgan fingerprint density at radius 2 is 1.18 bits per heavy atom. The SMILES string of the molecule is CCOC[N+](C)(CC)CC.F[P-](F)(F)(F)(F)F. The van der Waals surface area contributed by atoms with Crippen LogP contribution in [0.2, 0.25) is 0 Å². The van der Waals surface area contributed by atoms with Gasteiger partial charge in [-0.05, 0) is 20.8 Å². The van der Waals surface area contributed by atoms with Crippen LogP contribution in [0.1, 0.15) is 20.8 Å². The molecule has 0 aromatic rings. The van der Waals surface area contributed by atoms with Gasteiger partial charge in [0, 0.05) is 6.61 Å². The van der Waals surface area contributed by atoms with Crippen molar-refractivity contribution in [2.45, 2.75) is 20.8 Å². The Labute approximate surface area is 97.4 Å². The van der Waals surface area contributed by atoms with Crippen molar-refractivity contribution in [2.75, 3.05) is 33.5 Å². The van der Waals surface area contributed by atoms with Crippen LogP contribution >= 0.6 is 7.81 Å². The third kappa shape index (κ3) is 25.9. The molecule has 0 saturated carbocycles. The van der Waals surface area contributed by atoms with Gasteiger partial charge >= 0.3 is 33.0 Å². The Morgan fingerprint density at radius 1 is 0.882 bits per heavy atom. The second kappa shape index (κ2) is 5.28. The normalized spacial score (nSPS) is 16.6. The number of ether oxygens (including phenoxy) is 1. The van der Waals surface area contributed by atoms with Gasteiger partial charge in [-0.1, -0.05) is 0 Å². The predicted molar refractivity (Wildman–Crippen MR) is 57.3 cm³/mol. The first-order valence-corrected chi connectivity index (χ1v) is 7.14. The Balaban J connectivity index is 0. The first-order valence-electron chi connectivity index (χ1n) is 5.11. The Morgan fingerprint density at radius 3 is 1.35 bits per heavy atom. The van der Waals surface area contributed by atoms with E-state index in [9.17, 15) is 25.2 Å². The number of hydrogen-bond donors (Lipinski definition) is 0. The van der Waals surface area contributed by atoms with E-state index in [4.69, 9.17) is 4.74 Å². The van der Waals surface area contributed by atoms with Crippen LogP contribution in [0, 0.1) is 0 Å². The molecule has 0 heterocycles. The van der Waals surface area contributed by atoms with Crippen LogP contribution in [0.4, 0.5) is 25.2 Å². The molecule has 0 unspecified atom stereocenters. The molecule has 0 rings (SSSR count). The summed E-state index contributed by atoms with van der Waals surface area (Å²) < 4.78 is 65.6. The fraction of sp³-hybridized carbons (Fsp3) is 1.00. The van der Waals surface area contributed by atoms with E-state index < -0.39 is 7.81 Å². The summed E-state index contributed by atoms with van der Waals surface area (Å²) in [5.41, 5.74) is 0. The summed E-state index contributed by atoms with van der Waals surface area (Å²) in [6, 6.07) is 0. The maximum absolute atomic E-state index is 10.7. The molecule has 0 aliphatic rings. The van der Waals surface area contributed by atoms with E-state index in [2.05, 4.69) is 20.9 Å². The zero-order chi connectivity index (χ0) is 14.4.